The summed E-state index contributed by atoms with van der Waals surface area (Å²) in [7, 11) is 1.58. The van der Waals surface area contributed by atoms with Gasteiger partial charge >= 0.3 is 0 Å². The molecule has 0 saturated carbocycles. The van der Waals surface area contributed by atoms with Crippen LogP contribution in [0.5, 0.6) is 5.75 Å². The van der Waals surface area contributed by atoms with E-state index >= 15 is 0 Å². The molecule has 0 aromatic heterocycles. The van der Waals surface area contributed by atoms with Gasteiger partial charge in [0.25, 0.3) is 0 Å². The summed E-state index contributed by atoms with van der Waals surface area (Å²) in [6.45, 7) is 0. The van der Waals surface area contributed by atoms with Crippen molar-refractivity contribution in [3.63, 3.8) is 0 Å². The fourth-order valence-corrected chi connectivity index (χ4v) is 1.79. The Morgan fingerprint density at radius 2 is 1.81 bits per heavy atom. The Morgan fingerprint density at radius 3 is 2.56 bits per heavy atom. The van der Waals surface area contributed by atoms with Crippen LogP contribution in [-0.2, 0) is 0 Å². The number of benzene rings is 2. The standard InChI is InChI=1S/C13H10ClFO/c1-16-13-5-3-2-4-10(13)11-8-9(15)6-7-12(11)14/h2-8H,1H3. The molecule has 1 nitrogen and oxygen atoms in total. The van der Waals surface area contributed by atoms with Crippen LogP contribution in [0.3, 0.4) is 0 Å². The summed E-state index contributed by atoms with van der Waals surface area (Å²) in [5, 5.41) is 0.505. The number of para-hydroxylation sites is 1. The second kappa shape index (κ2) is 4.54. The Bertz CT molecular complexity index is 511. The van der Waals surface area contributed by atoms with Crippen LogP contribution in [0.2, 0.25) is 5.02 Å². The molecule has 0 aliphatic rings. The maximum Gasteiger partial charge on any atom is 0.126 e. The molecule has 2 rings (SSSR count). The van der Waals surface area contributed by atoms with Gasteiger partial charge in [-0.1, -0.05) is 29.8 Å². The molecule has 0 atom stereocenters. The third kappa shape index (κ3) is 2.02. The lowest BCUT2D eigenvalue weighted by molar-refractivity contribution is 0.416. The third-order valence-corrected chi connectivity index (χ3v) is 2.66. The Kier molecular flexibility index (Phi) is 3.11. The van der Waals surface area contributed by atoms with Gasteiger partial charge in [-0.3, -0.25) is 0 Å². The van der Waals surface area contributed by atoms with E-state index in [1.165, 1.54) is 12.1 Å². The Hall–Kier alpha value is -1.54. The van der Waals surface area contributed by atoms with Crippen molar-refractivity contribution in [2.45, 2.75) is 0 Å². The number of ether oxygens (including phenoxy) is 1. The van der Waals surface area contributed by atoms with Crippen LogP contribution < -0.4 is 4.74 Å². The molecular formula is C13H10ClFO. The van der Waals surface area contributed by atoms with Crippen molar-refractivity contribution in [3.8, 4) is 16.9 Å². The summed E-state index contributed by atoms with van der Waals surface area (Å²) >= 11 is 6.04. The van der Waals surface area contributed by atoms with Gasteiger partial charge in [0.1, 0.15) is 11.6 Å². The predicted molar refractivity (Wildman–Crippen MR) is 63.4 cm³/mol. The van der Waals surface area contributed by atoms with Crippen LogP contribution in [0.4, 0.5) is 4.39 Å². The van der Waals surface area contributed by atoms with Crippen molar-refractivity contribution in [2.24, 2.45) is 0 Å². The Morgan fingerprint density at radius 1 is 1.06 bits per heavy atom. The first-order chi connectivity index (χ1) is 7.72. The zero-order chi connectivity index (χ0) is 11.5. The summed E-state index contributed by atoms with van der Waals surface area (Å²) < 4.78 is 18.4. The molecule has 0 N–H and O–H groups in total. The van der Waals surface area contributed by atoms with Gasteiger partial charge in [0.05, 0.1) is 7.11 Å². The highest BCUT2D eigenvalue weighted by Crippen LogP contribution is 2.34. The highest BCUT2D eigenvalue weighted by molar-refractivity contribution is 6.33. The highest BCUT2D eigenvalue weighted by atomic mass is 35.5. The monoisotopic (exact) mass is 236 g/mol. The van der Waals surface area contributed by atoms with E-state index in [-0.39, 0.29) is 5.82 Å². The number of hydrogen-bond donors (Lipinski definition) is 0. The second-order valence-corrected chi connectivity index (χ2v) is 3.73. The fourth-order valence-electron chi connectivity index (χ4n) is 1.57. The predicted octanol–water partition coefficient (Wildman–Crippen LogP) is 4.15. The van der Waals surface area contributed by atoms with Crippen molar-refractivity contribution in [1.82, 2.24) is 0 Å². The molecule has 82 valence electrons. The van der Waals surface area contributed by atoms with Crippen LogP contribution in [0, 0.1) is 5.82 Å². The largest absolute Gasteiger partial charge is 0.496 e. The van der Waals surface area contributed by atoms with Gasteiger partial charge in [0, 0.05) is 16.1 Å². The molecule has 0 saturated heterocycles. The first kappa shape index (κ1) is 11.0. The van der Waals surface area contributed by atoms with Crippen molar-refractivity contribution < 1.29 is 9.13 Å². The van der Waals surface area contributed by atoms with Crippen molar-refractivity contribution >= 4 is 11.6 Å². The van der Waals surface area contributed by atoms with Crippen LogP contribution >= 0.6 is 11.6 Å². The molecule has 0 bridgehead atoms. The summed E-state index contributed by atoms with van der Waals surface area (Å²) in [5.41, 5.74) is 1.42. The van der Waals surface area contributed by atoms with Gasteiger partial charge < -0.3 is 4.74 Å². The molecule has 0 heterocycles. The number of rotatable bonds is 2. The minimum Gasteiger partial charge on any atom is -0.496 e. The molecule has 2 aromatic rings. The number of hydrogen-bond acceptors (Lipinski definition) is 1. The van der Waals surface area contributed by atoms with Gasteiger partial charge in [-0.25, -0.2) is 4.39 Å². The second-order valence-electron chi connectivity index (χ2n) is 3.32. The van der Waals surface area contributed by atoms with E-state index < -0.39 is 0 Å². The average Bonchev–Trinajstić information content (AvgIpc) is 2.32. The normalized spacial score (nSPS) is 10.2. The van der Waals surface area contributed by atoms with E-state index in [0.717, 1.165) is 5.56 Å². The van der Waals surface area contributed by atoms with Gasteiger partial charge in [-0.05, 0) is 24.3 Å². The van der Waals surface area contributed by atoms with E-state index in [4.69, 9.17) is 16.3 Å². The van der Waals surface area contributed by atoms with Gasteiger partial charge in [0.2, 0.25) is 0 Å². The molecule has 3 heteroatoms. The van der Waals surface area contributed by atoms with E-state index in [0.29, 0.717) is 16.3 Å². The molecule has 0 aliphatic carbocycles. The lowest BCUT2D eigenvalue weighted by Gasteiger charge is -2.09. The first-order valence-electron chi connectivity index (χ1n) is 4.81. The number of methoxy groups -OCH3 is 1. The van der Waals surface area contributed by atoms with Crippen molar-refractivity contribution in [3.05, 3.63) is 53.3 Å². The SMILES string of the molecule is COc1ccccc1-c1cc(F)ccc1Cl. The molecule has 0 radical (unpaired) electrons. The smallest absolute Gasteiger partial charge is 0.126 e. The third-order valence-electron chi connectivity index (χ3n) is 2.33. The summed E-state index contributed by atoms with van der Waals surface area (Å²) in [5.74, 6) is 0.361. The topological polar surface area (TPSA) is 9.23 Å². The molecule has 2 aromatic carbocycles. The molecule has 16 heavy (non-hydrogen) atoms. The van der Waals surface area contributed by atoms with Crippen LogP contribution in [0.15, 0.2) is 42.5 Å². The Balaban J connectivity index is 2.62. The zero-order valence-corrected chi connectivity index (χ0v) is 9.46. The first-order valence-corrected chi connectivity index (χ1v) is 5.18. The van der Waals surface area contributed by atoms with Gasteiger partial charge in [0.15, 0.2) is 0 Å². The van der Waals surface area contributed by atoms with Gasteiger partial charge in [-0.15, -0.1) is 0 Å². The molecule has 0 aliphatic heterocycles. The molecule has 0 amide bonds. The quantitative estimate of drug-likeness (QED) is 0.761. The van der Waals surface area contributed by atoms with E-state index in [2.05, 4.69) is 0 Å². The van der Waals surface area contributed by atoms with E-state index in [1.807, 2.05) is 24.3 Å². The summed E-state index contributed by atoms with van der Waals surface area (Å²) in [6, 6.07) is 11.7. The van der Waals surface area contributed by atoms with E-state index in [1.54, 1.807) is 13.2 Å². The maximum absolute atomic E-state index is 13.2. The fraction of sp³-hybridized carbons (Fsp3) is 0.0769. The summed E-state index contributed by atoms with van der Waals surface area (Å²) in [4.78, 5) is 0. The minimum absolute atomic E-state index is 0.315. The van der Waals surface area contributed by atoms with E-state index in [9.17, 15) is 4.39 Å². The maximum atomic E-state index is 13.2. The summed E-state index contributed by atoms with van der Waals surface area (Å²) in [6.07, 6.45) is 0. The Labute approximate surface area is 98.4 Å². The lowest BCUT2D eigenvalue weighted by Crippen LogP contribution is -1.88. The zero-order valence-electron chi connectivity index (χ0n) is 8.71. The molecule has 0 fully saturated rings. The van der Waals surface area contributed by atoms with Crippen LogP contribution in [0.1, 0.15) is 0 Å². The van der Waals surface area contributed by atoms with Crippen molar-refractivity contribution in [1.29, 1.82) is 0 Å². The van der Waals surface area contributed by atoms with Gasteiger partial charge in [-0.2, -0.15) is 0 Å². The molecule has 0 spiro atoms. The van der Waals surface area contributed by atoms with Crippen molar-refractivity contribution in [2.75, 3.05) is 7.11 Å². The molecule has 0 unspecified atom stereocenters. The minimum atomic E-state index is -0.315. The van der Waals surface area contributed by atoms with Crippen LogP contribution in [-0.4, -0.2) is 7.11 Å². The lowest BCUT2D eigenvalue weighted by atomic mass is 10.0. The van der Waals surface area contributed by atoms with Crippen LogP contribution in [0.25, 0.3) is 11.1 Å². The average molecular weight is 237 g/mol. The molecular weight excluding hydrogens is 227 g/mol. The number of halogens is 2. The highest BCUT2D eigenvalue weighted by Gasteiger charge is 2.09.